The lowest BCUT2D eigenvalue weighted by atomic mass is 10.0. The Balaban J connectivity index is 1.08. The van der Waals surface area contributed by atoms with Gasteiger partial charge in [-0.2, -0.15) is 4.40 Å². The minimum absolute atomic E-state index is 0.759. The van der Waals surface area contributed by atoms with E-state index in [9.17, 15) is 0 Å². The van der Waals surface area contributed by atoms with Crippen molar-refractivity contribution in [2.45, 2.75) is 0 Å². The van der Waals surface area contributed by atoms with Crippen LogP contribution in [-0.4, -0.2) is 14.5 Å². The molecule has 6 heteroatoms. The monoisotopic (exact) mass is 735 g/mol. The van der Waals surface area contributed by atoms with Gasteiger partial charge in [0.1, 0.15) is 22.8 Å². The molecule has 0 aliphatic carbocycles. The molecule has 0 aliphatic rings. The number of hydrogen-bond acceptors (Lipinski definition) is 3. The molecule has 0 spiro atoms. The van der Waals surface area contributed by atoms with Crippen molar-refractivity contribution in [3.8, 4) is 39.8 Å². The predicted molar refractivity (Wildman–Crippen MR) is 231 cm³/mol. The number of nitrogens with zero attached hydrogens (tertiary/aromatic N) is 3. The maximum Gasteiger partial charge on any atom is 0.293 e. The zero-order valence-electron chi connectivity index (χ0n) is 30.0. The number of thiophene rings is 1. The van der Waals surface area contributed by atoms with E-state index in [1.54, 1.807) is 0 Å². The number of rotatable bonds is 5. The first-order valence-electron chi connectivity index (χ1n) is 18.8. The van der Waals surface area contributed by atoms with Crippen molar-refractivity contribution in [1.29, 1.82) is 0 Å². The largest absolute Gasteiger partial charge is 0.457 e. The van der Waals surface area contributed by atoms with Crippen LogP contribution in [-0.2, 0) is 0 Å². The first-order valence-corrected chi connectivity index (χ1v) is 19.6. The molecule has 0 amide bonds. The summed E-state index contributed by atoms with van der Waals surface area (Å²) in [5.74, 6) is 2.40. The van der Waals surface area contributed by atoms with Crippen LogP contribution in [0.25, 0.3) is 97.6 Å². The molecule has 12 rings (SSSR count). The van der Waals surface area contributed by atoms with Crippen LogP contribution in [0.4, 0.5) is 0 Å². The van der Waals surface area contributed by atoms with E-state index in [4.69, 9.17) is 9.72 Å². The lowest BCUT2D eigenvalue weighted by molar-refractivity contribution is -0.465. The van der Waals surface area contributed by atoms with E-state index in [2.05, 4.69) is 184 Å². The quantitative estimate of drug-likeness (QED) is 0.141. The predicted octanol–water partition coefficient (Wildman–Crippen LogP) is 13.0. The van der Waals surface area contributed by atoms with Crippen molar-refractivity contribution in [3.63, 3.8) is 0 Å². The van der Waals surface area contributed by atoms with Crippen LogP contribution in [0, 0.1) is 0 Å². The minimum atomic E-state index is 0.759. The van der Waals surface area contributed by atoms with Gasteiger partial charge in [0, 0.05) is 65.1 Å². The fraction of sp³-hybridized carbons (Fsp3) is 0. The molecule has 0 unspecified atom stereocenters. The third-order valence-corrected chi connectivity index (χ3v) is 12.2. The number of fused-ring (bicyclic) bond motifs is 13. The van der Waals surface area contributed by atoms with Gasteiger partial charge >= 0.3 is 0 Å². The van der Waals surface area contributed by atoms with Crippen LogP contribution in [0.2, 0.25) is 0 Å². The van der Waals surface area contributed by atoms with Gasteiger partial charge in [-0.25, -0.2) is 9.97 Å². The molecule has 56 heavy (non-hydrogen) atoms. The summed E-state index contributed by atoms with van der Waals surface area (Å²) in [6, 6.07) is 62.1. The summed E-state index contributed by atoms with van der Waals surface area (Å²) in [7, 11) is 0. The first-order chi connectivity index (χ1) is 27.8. The van der Waals surface area contributed by atoms with E-state index in [-0.39, 0.29) is 0 Å². The maximum atomic E-state index is 6.84. The van der Waals surface area contributed by atoms with Gasteiger partial charge < -0.3 is 4.74 Å². The van der Waals surface area contributed by atoms with Crippen molar-refractivity contribution in [2.75, 3.05) is 0 Å². The maximum absolute atomic E-state index is 6.84. The van der Waals surface area contributed by atoms with Crippen molar-refractivity contribution in [3.05, 3.63) is 182 Å². The summed E-state index contributed by atoms with van der Waals surface area (Å²) in [5.41, 5.74) is 8.83. The van der Waals surface area contributed by atoms with Gasteiger partial charge in [0.15, 0.2) is 11.4 Å². The van der Waals surface area contributed by atoms with Gasteiger partial charge in [0.2, 0.25) is 0 Å². The van der Waals surface area contributed by atoms with Gasteiger partial charge in [-0.3, -0.25) is 4.57 Å². The van der Waals surface area contributed by atoms with E-state index < -0.39 is 0 Å². The Hall–Kier alpha value is -7.28. The van der Waals surface area contributed by atoms with Crippen LogP contribution in [0.3, 0.4) is 0 Å². The third-order valence-electron chi connectivity index (χ3n) is 11.1. The number of pyridine rings is 2. The fourth-order valence-corrected chi connectivity index (χ4v) is 9.81. The lowest BCUT2D eigenvalue weighted by Crippen LogP contribution is -2.24. The van der Waals surface area contributed by atoms with Crippen molar-refractivity contribution in [2.24, 2.45) is 0 Å². The summed E-state index contributed by atoms with van der Waals surface area (Å²) in [6.45, 7) is 0. The molecule has 5 heterocycles. The van der Waals surface area contributed by atoms with E-state index in [1.807, 2.05) is 23.6 Å². The number of H-pyrrole nitrogens is 1. The smallest absolute Gasteiger partial charge is 0.293 e. The second-order valence-corrected chi connectivity index (χ2v) is 15.3. The van der Waals surface area contributed by atoms with Crippen LogP contribution < -0.4 is 9.14 Å². The number of para-hydroxylation sites is 1. The highest BCUT2D eigenvalue weighted by Crippen LogP contribution is 2.44. The molecule has 0 bridgehead atoms. The Bertz CT molecular complexity index is 3490. The van der Waals surface area contributed by atoms with Crippen molar-refractivity contribution >= 4 is 80.6 Å². The second kappa shape index (κ2) is 12.1. The summed E-state index contributed by atoms with van der Waals surface area (Å²) in [4.78, 5) is 8.76. The Morgan fingerprint density at radius 1 is 0.536 bits per heavy atom. The van der Waals surface area contributed by atoms with Gasteiger partial charge in [-0.05, 0) is 60.7 Å². The Labute approximate surface area is 324 Å². The molecule has 12 aromatic rings. The average molecular weight is 736 g/mol. The number of aromatic amines is 1. The molecule has 0 aliphatic heterocycles. The topological polar surface area (TPSA) is 46.9 Å². The standard InChI is InChI=1S/C50H30N4OS/c1-3-13-31(14-4-1)47-48(32-15-5-2-6-16-32)54-41-19-9-7-17-36(41)35-24-22-33(29-40(35)50(54)52-47)55-34-23-25-37-38-26-27-44-46(39-18-8-10-20-43(39)56-44)49(38)53(42(37)30-34)45-21-11-12-28-51-45/h1-30H/p+1. The molecule has 0 atom stereocenters. The molecule has 0 saturated carbocycles. The molecular formula is C50H31N4OS+. The molecule has 5 nitrogen and oxygen atoms in total. The number of ether oxygens (including phenoxy) is 1. The third kappa shape index (κ3) is 4.60. The van der Waals surface area contributed by atoms with E-state index in [0.29, 0.717) is 0 Å². The van der Waals surface area contributed by atoms with E-state index in [0.717, 1.165) is 78.2 Å². The number of hydrogen-bond donors (Lipinski definition) is 1. The zero-order chi connectivity index (χ0) is 36.7. The fourth-order valence-electron chi connectivity index (χ4n) is 8.70. The molecule has 0 fully saturated rings. The summed E-state index contributed by atoms with van der Waals surface area (Å²) < 4.78 is 14.1. The molecule has 0 saturated heterocycles. The lowest BCUT2D eigenvalue weighted by Gasteiger charge is -2.11. The van der Waals surface area contributed by atoms with Gasteiger partial charge in [0.05, 0.1) is 16.4 Å². The summed E-state index contributed by atoms with van der Waals surface area (Å²) in [5, 5.41) is 8.29. The number of nitrogens with one attached hydrogen (secondary N) is 1. The average Bonchev–Trinajstić information content (AvgIpc) is 3.95. The van der Waals surface area contributed by atoms with E-state index in [1.165, 1.54) is 30.9 Å². The van der Waals surface area contributed by atoms with Crippen LogP contribution in [0.5, 0.6) is 11.5 Å². The normalized spacial score (nSPS) is 11.9. The second-order valence-electron chi connectivity index (χ2n) is 14.2. The van der Waals surface area contributed by atoms with Gasteiger partial charge in [-0.15, -0.1) is 11.3 Å². The highest BCUT2D eigenvalue weighted by Gasteiger charge is 2.27. The SMILES string of the molecule is c1ccc(-c2[nH]c3c4cc(Oc5ccc6c7ccc8sc9ccccc9c8c7n(-c7ccccn7)c6c5)ccc4c4ccccc4[n+]3c2-c2ccccc2)cc1. The van der Waals surface area contributed by atoms with Gasteiger partial charge in [0.25, 0.3) is 5.65 Å². The molecule has 262 valence electrons. The van der Waals surface area contributed by atoms with Crippen LogP contribution in [0.15, 0.2) is 182 Å². The molecule has 7 aromatic carbocycles. The molecular weight excluding hydrogens is 705 g/mol. The van der Waals surface area contributed by atoms with E-state index >= 15 is 0 Å². The van der Waals surface area contributed by atoms with Crippen LogP contribution >= 0.6 is 11.3 Å². The van der Waals surface area contributed by atoms with Gasteiger partial charge in [-0.1, -0.05) is 109 Å². The molecule has 1 N–H and O–H groups in total. The molecule has 5 aromatic heterocycles. The van der Waals surface area contributed by atoms with Crippen molar-refractivity contribution < 1.29 is 9.14 Å². The Morgan fingerprint density at radius 2 is 1.23 bits per heavy atom. The Kier molecular flexibility index (Phi) is 6.73. The highest BCUT2D eigenvalue weighted by atomic mass is 32.1. The summed E-state index contributed by atoms with van der Waals surface area (Å²) in [6.07, 6.45) is 1.86. The van der Waals surface area contributed by atoms with Crippen molar-refractivity contribution in [1.82, 2.24) is 14.5 Å². The minimum Gasteiger partial charge on any atom is -0.457 e. The Morgan fingerprint density at radius 3 is 2.05 bits per heavy atom. The number of aromatic nitrogens is 4. The first kappa shape index (κ1) is 31.1. The number of benzene rings is 7. The van der Waals surface area contributed by atoms with Crippen LogP contribution in [0.1, 0.15) is 0 Å². The number of imidazole rings is 1. The molecule has 0 radical (unpaired) electrons. The zero-order valence-corrected chi connectivity index (χ0v) is 30.8. The highest BCUT2D eigenvalue weighted by molar-refractivity contribution is 7.26. The summed E-state index contributed by atoms with van der Waals surface area (Å²) >= 11 is 1.83.